The van der Waals surface area contributed by atoms with Gasteiger partial charge in [-0.3, -0.25) is 0 Å². The maximum atomic E-state index is 5.60. The van der Waals surface area contributed by atoms with E-state index in [0.29, 0.717) is 12.1 Å². The van der Waals surface area contributed by atoms with Crippen LogP contribution in [0, 0.1) is 0 Å². The SMILES string of the molecule is COC1(CCNC(C)CNC(C)C)CCC1. The zero-order valence-corrected chi connectivity index (χ0v) is 11.3. The standard InChI is InChI=1S/C13H28N2O/c1-11(2)15-10-12(3)14-9-8-13(16-4)6-5-7-13/h11-12,14-15H,5-10H2,1-4H3. The summed E-state index contributed by atoms with van der Waals surface area (Å²) in [7, 11) is 1.85. The predicted octanol–water partition coefficient (Wildman–Crippen LogP) is 1.92. The van der Waals surface area contributed by atoms with Crippen molar-refractivity contribution >= 4 is 0 Å². The van der Waals surface area contributed by atoms with Crippen LogP contribution in [-0.4, -0.2) is 37.9 Å². The van der Waals surface area contributed by atoms with Crippen molar-refractivity contribution in [2.45, 2.75) is 64.1 Å². The van der Waals surface area contributed by atoms with Crippen LogP contribution in [0.2, 0.25) is 0 Å². The molecule has 1 unspecified atom stereocenters. The number of ether oxygens (including phenoxy) is 1. The molecule has 3 heteroatoms. The van der Waals surface area contributed by atoms with E-state index in [1.54, 1.807) is 0 Å². The Hall–Kier alpha value is -0.120. The highest BCUT2D eigenvalue weighted by atomic mass is 16.5. The van der Waals surface area contributed by atoms with Crippen molar-refractivity contribution in [2.75, 3.05) is 20.2 Å². The summed E-state index contributed by atoms with van der Waals surface area (Å²) in [4.78, 5) is 0. The molecular weight excluding hydrogens is 200 g/mol. The summed E-state index contributed by atoms with van der Waals surface area (Å²) in [5.74, 6) is 0. The number of hydrogen-bond donors (Lipinski definition) is 2. The van der Waals surface area contributed by atoms with E-state index in [2.05, 4.69) is 31.4 Å². The summed E-state index contributed by atoms with van der Waals surface area (Å²) in [5, 5.41) is 6.99. The molecule has 0 radical (unpaired) electrons. The topological polar surface area (TPSA) is 33.3 Å². The first-order chi connectivity index (χ1) is 7.58. The molecule has 1 rings (SSSR count). The number of nitrogens with one attached hydrogen (secondary N) is 2. The first-order valence-corrected chi connectivity index (χ1v) is 6.60. The lowest BCUT2D eigenvalue weighted by Gasteiger charge is -2.41. The first kappa shape index (κ1) is 13.9. The minimum atomic E-state index is 0.207. The van der Waals surface area contributed by atoms with Crippen LogP contribution < -0.4 is 10.6 Å². The van der Waals surface area contributed by atoms with E-state index in [-0.39, 0.29) is 5.60 Å². The fraction of sp³-hybridized carbons (Fsp3) is 1.00. The molecule has 1 atom stereocenters. The van der Waals surface area contributed by atoms with Crippen molar-refractivity contribution < 1.29 is 4.74 Å². The Morgan fingerprint density at radius 2 is 1.88 bits per heavy atom. The van der Waals surface area contributed by atoms with E-state index >= 15 is 0 Å². The Morgan fingerprint density at radius 1 is 1.19 bits per heavy atom. The summed E-state index contributed by atoms with van der Waals surface area (Å²) in [6.07, 6.45) is 4.96. The first-order valence-electron chi connectivity index (χ1n) is 6.60. The smallest absolute Gasteiger partial charge is 0.0690 e. The van der Waals surface area contributed by atoms with Gasteiger partial charge in [0, 0.05) is 25.7 Å². The van der Waals surface area contributed by atoms with Crippen molar-refractivity contribution in [1.82, 2.24) is 10.6 Å². The van der Waals surface area contributed by atoms with Crippen molar-refractivity contribution in [1.29, 1.82) is 0 Å². The third-order valence-electron chi connectivity index (χ3n) is 3.60. The molecule has 0 aliphatic heterocycles. The van der Waals surface area contributed by atoms with E-state index in [4.69, 9.17) is 4.74 Å². The maximum Gasteiger partial charge on any atom is 0.0690 e. The zero-order chi connectivity index (χ0) is 12.0. The highest BCUT2D eigenvalue weighted by Crippen LogP contribution is 2.37. The molecule has 1 fully saturated rings. The van der Waals surface area contributed by atoms with Crippen molar-refractivity contribution in [3.8, 4) is 0 Å². The van der Waals surface area contributed by atoms with Crippen LogP contribution in [-0.2, 0) is 4.74 Å². The average Bonchev–Trinajstić information content (AvgIpc) is 2.19. The van der Waals surface area contributed by atoms with Crippen LogP contribution in [0.15, 0.2) is 0 Å². The summed E-state index contributed by atoms with van der Waals surface area (Å²) < 4.78 is 5.60. The molecule has 0 saturated heterocycles. The van der Waals surface area contributed by atoms with Gasteiger partial charge in [-0.1, -0.05) is 13.8 Å². The molecule has 0 bridgehead atoms. The second kappa shape index (κ2) is 6.58. The van der Waals surface area contributed by atoms with Gasteiger partial charge in [0.15, 0.2) is 0 Å². The molecule has 1 aliphatic rings. The highest BCUT2D eigenvalue weighted by molar-refractivity contribution is 4.90. The van der Waals surface area contributed by atoms with Crippen LogP contribution in [0.25, 0.3) is 0 Å². The minimum Gasteiger partial charge on any atom is -0.378 e. The van der Waals surface area contributed by atoms with Gasteiger partial charge < -0.3 is 15.4 Å². The second-order valence-electron chi connectivity index (χ2n) is 5.41. The molecule has 2 N–H and O–H groups in total. The van der Waals surface area contributed by atoms with Gasteiger partial charge in [-0.05, 0) is 39.2 Å². The monoisotopic (exact) mass is 228 g/mol. The van der Waals surface area contributed by atoms with Gasteiger partial charge in [0.1, 0.15) is 0 Å². The lowest BCUT2D eigenvalue weighted by Crippen LogP contribution is -2.44. The van der Waals surface area contributed by atoms with Crippen molar-refractivity contribution in [2.24, 2.45) is 0 Å². The minimum absolute atomic E-state index is 0.207. The molecule has 0 amide bonds. The maximum absolute atomic E-state index is 5.60. The van der Waals surface area contributed by atoms with E-state index in [9.17, 15) is 0 Å². The van der Waals surface area contributed by atoms with Gasteiger partial charge >= 0.3 is 0 Å². The van der Waals surface area contributed by atoms with Crippen LogP contribution in [0.5, 0.6) is 0 Å². The largest absolute Gasteiger partial charge is 0.378 e. The van der Waals surface area contributed by atoms with E-state index in [1.165, 1.54) is 19.3 Å². The molecule has 1 saturated carbocycles. The normalized spacial score (nSPS) is 20.8. The Labute approximate surface area is 100 Å². The quantitative estimate of drug-likeness (QED) is 0.666. The lowest BCUT2D eigenvalue weighted by molar-refractivity contribution is -0.0770. The summed E-state index contributed by atoms with van der Waals surface area (Å²) in [6.45, 7) is 8.70. The number of rotatable bonds is 8. The van der Waals surface area contributed by atoms with Gasteiger partial charge in [-0.25, -0.2) is 0 Å². The molecule has 0 aromatic carbocycles. The Morgan fingerprint density at radius 3 is 2.31 bits per heavy atom. The average molecular weight is 228 g/mol. The molecule has 0 heterocycles. The van der Waals surface area contributed by atoms with Gasteiger partial charge in [0.25, 0.3) is 0 Å². The van der Waals surface area contributed by atoms with Crippen LogP contribution in [0.3, 0.4) is 0 Å². The Balaban J connectivity index is 2.05. The van der Waals surface area contributed by atoms with Gasteiger partial charge in [-0.2, -0.15) is 0 Å². The lowest BCUT2D eigenvalue weighted by atomic mass is 9.77. The van der Waals surface area contributed by atoms with Crippen molar-refractivity contribution in [3.05, 3.63) is 0 Å². The molecule has 96 valence electrons. The van der Waals surface area contributed by atoms with Gasteiger partial charge in [-0.15, -0.1) is 0 Å². The third-order valence-corrected chi connectivity index (χ3v) is 3.60. The molecule has 16 heavy (non-hydrogen) atoms. The predicted molar refractivity (Wildman–Crippen MR) is 68.8 cm³/mol. The number of hydrogen-bond acceptors (Lipinski definition) is 3. The Kier molecular flexibility index (Phi) is 5.73. The zero-order valence-electron chi connectivity index (χ0n) is 11.3. The van der Waals surface area contributed by atoms with Crippen LogP contribution in [0.4, 0.5) is 0 Å². The summed E-state index contributed by atoms with van der Waals surface area (Å²) in [5.41, 5.74) is 0.207. The fourth-order valence-corrected chi connectivity index (χ4v) is 2.16. The van der Waals surface area contributed by atoms with Crippen molar-refractivity contribution in [3.63, 3.8) is 0 Å². The molecule has 0 aromatic heterocycles. The highest BCUT2D eigenvalue weighted by Gasteiger charge is 2.36. The van der Waals surface area contributed by atoms with Gasteiger partial charge in [0.2, 0.25) is 0 Å². The van der Waals surface area contributed by atoms with Crippen LogP contribution in [0.1, 0.15) is 46.5 Å². The number of methoxy groups -OCH3 is 1. The molecule has 1 aliphatic carbocycles. The molecule has 0 spiro atoms. The third kappa shape index (κ3) is 4.40. The molecule has 0 aromatic rings. The van der Waals surface area contributed by atoms with Crippen LogP contribution >= 0.6 is 0 Å². The van der Waals surface area contributed by atoms with E-state index in [0.717, 1.165) is 19.5 Å². The van der Waals surface area contributed by atoms with E-state index in [1.807, 2.05) is 7.11 Å². The fourth-order valence-electron chi connectivity index (χ4n) is 2.16. The molecule has 3 nitrogen and oxygen atoms in total. The molecular formula is C13H28N2O. The summed E-state index contributed by atoms with van der Waals surface area (Å²) >= 11 is 0. The Bertz CT molecular complexity index is 185. The van der Waals surface area contributed by atoms with E-state index < -0.39 is 0 Å². The van der Waals surface area contributed by atoms with Gasteiger partial charge in [0.05, 0.1) is 5.60 Å². The summed E-state index contributed by atoms with van der Waals surface area (Å²) in [6, 6.07) is 1.11. The second-order valence-corrected chi connectivity index (χ2v) is 5.41.